The topological polar surface area (TPSA) is 15.7 Å². The summed E-state index contributed by atoms with van der Waals surface area (Å²) in [6.45, 7) is 7.84. The second-order valence-corrected chi connectivity index (χ2v) is 6.54. The molecule has 2 aliphatic rings. The molecule has 0 unspecified atom stereocenters. The van der Waals surface area contributed by atoms with Crippen LogP contribution in [0.4, 0.5) is 0 Å². The van der Waals surface area contributed by atoms with E-state index < -0.39 is 0 Å². The summed E-state index contributed by atoms with van der Waals surface area (Å²) in [5.41, 5.74) is 1.78. The third-order valence-electron chi connectivity index (χ3n) is 4.76. The zero-order chi connectivity index (χ0) is 13.8. The second kappa shape index (κ2) is 6.25. The van der Waals surface area contributed by atoms with Gasteiger partial charge in [0.25, 0.3) is 0 Å². The molecule has 2 saturated heterocycles. The van der Waals surface area contributed by atoms with Crippen LogP contribution in [0.5, 0.6) is 0 Å². The summed E-state index contributed by atoms with van der Waals surface area (Å²) < 4.78 is 5.76. The van der Waals surface area contributed by atoms with Gasteiger partial charge in [0.05, 0.1) is 6.61 Å². The smallest absolute Gasteiger partial charge is 0.0538 e. The summed E-state index contributed by atoms with van der Waals surface area (Å²) in [4.78, 5) is 5.06. The zero-order valence-corrected chi connectivity index (χ0v) is 12.6. The predicted molar refractivity (Wildman–Crippen MR) is 82.0 cm³/mol. The number of rotatable bonds is 4. The summed E-state index contributed by atoms with van der Waals surface area (Å²) in [5, 5.41) is 0. The Kier molecular flexibility index (Phi) is 4.39. The van der Waals surface area contributed by atoms with Gasteiger partial charge in [-0.2, -0.15) is 0 Å². The molecule has 0 amide bonds. The first kappa shape index (κ1) is 14.1. The standard InChI is InChI=1S/C17H26N2O/c1-18-8-10-19(11-9-18)14-17(7-12-20-15-17)13-16-5-3-2-4-6-16/h2-6H,7-15H2,1H3/t17-/m0/s1. The van der Waals surface area contributed by atoms with Crippen LogP contribution in [-0.4, -0.2) is 62.8 Å². The molecule has 20 heavy (non-hydrogen) atoms. The van der Waals surface area contributed by atoms with Gasteiger partial charge in [0.1, 0.15) is 0 Å². The largest absolute Gasteiger partial charge is 0.381 e. The van der Waals surface area contributed by atoms with Crippen LogP contribution in [0.25, 0.3) is 0 Å². The number of hydrogen-bond donors (Lipinski definition) is 0. The van der Waals surface area contributed by atoms with Gasteiger partial charge in [0.15, 0.2) is 0 Å². The first-order valence-corrected chi connectivity index (χ1v) is 7.78. The van der Waals surface area contributed by atoms with Gasteiger partial charge in [0.2, 0.25) is 0 Å². The molecule has 0 radical (unpaired) electrons. The van der Waals surface area contributed by atoms with Crippen molar-refractivity contribution in [2.75, 3.05) is 53.0 Å². The third-order valence-corrected chi connectivity index (χ3v) is 4.76. The number of nitrogens with zero attached hydrogens (tertiary/aromatic N) is 2. The minimum atomic E-state index is 0.331. The van der Waals surface area contributed by atoms with Gasteiger partial charge >= 0.3 is 0 Å². The van der Waals surface area contributed by atoms with E-state index in [1.54, 1.807) is 0 Å². The molecule has 0 saturated carbocycles. The SMILES string of the molecule is CN1CCN(C[C@@]2(Cc3ccccc3)CCOC2)CC1. The van der Waals surface area contributed by atoms with Crippen LogP contribution >= 0.6 is 0 Å². The minimum Gasteiger partial charge on any atom is -0.381 e. The molecule has 0 bridgehead atoms. The summed E-state index contributed by atoms with van der Waals surface area (Å²) in [6, 6.07) is 10.9. The summed E-state index contributed by atoms with van der Waals surface area (Å²) >= 11 is 0. The van der Waals surface area contributed by atoms with Crippen molar-refractivity contribution in [3.8, 4) is 0 Å². The normalized spacial score (nSPS) is 28.9. The average Bonchev–Trinajstić information content (AvgIpc) is 2.91. The van der Waals surface area contributed by atoms with Gasteiger partial charge in [-0.3, -0.25) is 0 Å². The molecule has 1 aromatic rings. The second-order valence-electron chi connectivity index (χ2n) is 6.54. The Morgan fingerprint density at radius 1 is 1.10 bits per heavy atom. The Bertz CT molecular complexity index is 406. The quantitative estimate of drug-likeness (QED) is 0.834. The Balaban J connectivity index is 1.65. The maximum Gasteiger partial charge on any atom is 0.0538 e. The van der Waals surface area contributed by atoms with E-state index in [2.05, 4.69) is 47.2 Å². The van der Waals surface area contributed by atoms with Crippen molar-refractivity contribution in [1.29, 1.82) is 0 Å². The molecule has 0 aromatic heterocycles. The fourth-order valence-electron chi connectivity index (χ4n) is 3.48. The van der Waals surface area contributed by atoms with E-state index in [1.807, 2.05) is 0 Å². The van der Waals surface area contributed by atoms with Crippen molar-refractivity contribution in [2.45, 2.75) is 12.8 Å². The molecule has 0 spiro atoms. The molecule has 110 valence electrons. The molecule has 1 atom stereocenters. The summed E-state index contributed by atoms with van der Waals surface area (Å²) in [5.74, 6) is 0. The van der Waals surface area contributed by atoms with E-state index in [0.717, 1.165) is 19.6 Å². The molecule has 0 N–H and O–H groups in total. The average molecular weight is 274 g/mol. The van der Waals surface area contributed by atoms with Gasteiger partial charge in [-0.1, -0.05) is 30.3 Å². The van der Waals surface area contributed by atoms with Crippen molar-refractivity contribution in [2.24, 2.45) is 5.41 Å². The van der Waals surface area contributed by atoms with Gasteiger partial charge in [-0.25, -0.2) is 0 Å². The Morgan fingerprint density at radius 2 is 1.85 bits per heavy atom. The van der Waals surface area contributed by atoms with Crippen molar-refractivity contribution in [1.82, 2.24) is 9.80 Å². The van der Waals surface area contributed by atoms with Crippen molar-refractivity contribution < 1.29 is 4.74 Å². The minimum absolute atomic E-state index is 0.331. The zero-order valence-electron chi connectivity index (χ0n) is 12.6. The lowest BCUT2D eigenvalue weighted by atomic mass is 9.80. The Morgan fingerprint density at radius 3 is 2.50 bits per heavy atom. The van der Waals surface area contributed by atoms with E-state index in [9.17, 15) is 0 Å². The highest BCUT2D eigenvalue weighted by atomic mass is 16.5. The fraction of sp³-hybridized carbons (Fsp3) is 0.647. The van der Waals surface area contributed by atoms with Gasteiger partial charge in [-0.05, 0) is 25.5 Å². The molecule has 3 nitrogen and oxygen atoms in total. The highest BCUT2D eigenvalue weighted by Gasteiger charge is 2.37. The van der Waals surface area contributed by atoms with E-state index >= 15 is 0 Å². The highest BCUT2D eigenvalue weighted by Crippen LogP contribution is 2.34. The lowest BCUT2D eigenvalue weighted by Gasteiger charge is -2.38. The lowest BCUT2D eigenvalue weighted by molar-refractivity contribution is 0.0793. The van der Waals surface area contributed by atoms with Crippen molar-refractivity contribution >= 4 is 0 Å². The number of benzene rings is 1. The maximum absolute atomic E-state index is 5.76. The molecule has 1 aromatic carbocycles. The van der Waals surface area contributed by atoms with Gasteiger partial charge in [-0.15, -0.1) is 0 Å². The molecular formula is C17H26N2O. The number of piperazine rings is 1. The van der Waals surface area contributed by atoms with Crippen LogP contribution in [0, 0.1) is 5.41 Å². The molecule has 0 aliphatic carbocycles. The molecule has 2 fully saturated rings. The molecule has 3 rings (SSSR count). The van der Waals surface area contributed by atoms with E-state index in [0.29, 0.717) is 5.41 Å². The van der Waals surface area contributed by atoms with E-state index in [-0.39, 0.29) is 0 Å². The number of hydrogen-bond acceptors (Lipinski definition) is 3. The number of ether oxygens (including phenoxy) is 1. The van der Waals surface area contributed by atoms with Crippen LogP contribution in [0.1, 0.15) is 12.0 Å². The molecule has 2 aliphatic heterocycles. The summed E-state index contributed by atoms with van der Waals surface area (Å²) in [7, 11) is 2.22. The van der Waals surface area contributed by atoms with Gasteiger partial charge in [0, 0.05) is 44.7 Å². The van der Waals surface area contributed by atoms with Crippen molar-refractivity contribution in [3.05, 3.63) is 35.9 Å². The Hall–Kier alpha value is -0.900. The first-order chi connectivity index (χ1) is 9.76. The molecule has 2 heterocycles. The highest BCUT2D eigenvalue weighted by molar-refractivity contribution is 5.17. The molecular weight excluding hydrogens is 248 g/mol. The van der Waals surface area contributed by atoms with Crippen LogP contribution in [-0.2, 0) is 11.2 Å². The van der Waals surface area contributed by atoms with Crippen LogP contribution in [0.3, 0.4) is 0 Å². The monoisotopic (exact) mass is 274 g/mol. The first-order valence-electron chi connectivity index (χ1n) is 7.78. The van der Waals surface area contributed by atoms with Gasteiger partial charge < -0.3 is 14.5 Å². The lowest BCUT2D eigenvalue weighted by Crippen LogP contribution is -2.49. The van der Waals surface area contributed by atoms with Crippen LogP contribution in [0.2, 0.25) is 0 Å². The summed E-state index contributed by atoms with van der Waals surface area (Å²) in [6.07, 6.45) is 2.36. The van der Waals surface area contributed by atoms with E-state index in [4.69, 9.17) is 4.74 Å². The maximum atomic E-state index is 5.76. The Labute approximate surface area is 122 Å². The van der Waals surface area contributed by atoms with Crippen LogP contribution in [0.15, 0.2) is 30.3 Å². The predicted octanol–water partition coefficient (Wildman–Crippen LogP) is 1.88. The molecule has 3 heteroatoms. The number of likely N-dealkylation sites (N-methyl/N-ethyl adjacent to an activating group) is 1. The third kappa shape index (κ3) is 3.40. The van der Waals surface area contributed by atoms with E-state index in [1.165, 1.54) is 44.7 Å². The van der Waals surface area contributed by atoms with Crippen molar-refractivity contribution in [3.63, 3.8) is 0 Å². The van der Waals surface area contributed by atoms with Crippen LogP contribution < -0.4 is 0 Å². The fourth-order valence-corrected chi connectivity index (χ4v) is 3.48.